The molecule has 0 saturated carbocycles. The van der Waals surface area contributed by atoms with E-state index in [2.05, 4.69) is 75.6 Å². The molecule has 3 aromatic rings. The van der Waals surface area contributed by atoms with Gasteiger partial charge < -0.3 is 4.98 Å². The minimum Gasteiger partial charge on any atom is -0.361 e. The molecule has 0 aliphatic carbocycles. The predicted octanol–water partition coefficient (Wildman–Crippen LogP) is 6.46. The number of H-pyrrole nitrogens is 1. The minimum atomic E-state index is 0. The van der Waals surface area contributed by atoms with Crippen molar-refractivity contribution in [3.05, 3.63) is 71.9 Å². The van der Waals surface area contributed by atoms with Crippen LogP contribution in [0.3, 0.4) is 0 Å². The third-order valence-electron chi connectivity index (χ3n) is 6.91. The Morgan fingerprint density at radius 3 is 1.93 bits per heavy atom. The Morgan fingerprint density at radius 2 is 1.27 bits per heavy atom. The number of para-hydroxylation sites is 1. The maximum absolute atomic E-state index is 3.46. The topological polar surface area (TPSA) is 22.3 Å². The standard InChI is InChI=1S/C25H31N3.2CH4/c1-2-6-20(7-3-1)21-10-14-27(15-11-21)19-28-16-12-22(13-17-28)24-18-26-25-9-5-4-8-23(24)25;;/h1-9,18,21-22,26H,10-17,19H2;2*1H4. The second-order valence-corrected chi connectivity index (χ2v) is 8.63. The van der Waals surface area contributed by atoms with E-state index in [0.29, 0.717) is 5.92 Å². The fourth-order valence-electron chi connectivity index (χ4n) is 5.23. The van der Waals surface area contributed by atoms with Crippen LogP contribution in [0.4, 0.5) is 0 Å². The monoisotopic (exact) mass is 405 g/mol. The van der Waals surface area contributed by atoms with Crippen LogP contribution in [0.25, 0.3) is 10.9 Å². The van der Waals surface area contributed by atoms with Crippen molar-refractivity contribution in [2.24, 2.45) is 0 Å². The Kier molecular flexibility index (Phi) is 7.74. The molecule has 3 heteroatoms. The van der Waals surface area contributed by atoms with Gasteiger partial charge in [-0.3, -0.25) is 9.80 Å². The smallest absolute Gasteiger partial charge is 0.0506 e. The molecule has 1 N–H and O–H groups in total. The molecular weight excluding hydrogens is 366 g/mol. The average Bonchev–Trinajstić information content (AvgIpc) is 3.20. The second-order valence-electron chi connectivity index (χ2n) is 8.63. The van der Waals surface area contributed by atoms with Gasteiger partial charge in [-0.1, -0.05) is 63.4 Å². The normalized spacial score (nSPS) is 19.3. The molecule has 0 amide bonds. The van der Waals surface area contributed by atoms with E-state index >= 15 is 0 Å². The molecule has 0 radical (unpaired) electrons. The van der Waals surface area contributed by atoms with Crippen LogP contribution < -0.4 is 0 Å². The predicted molar refractivity (Wildman–Crippen MR) is 130 cm³/mol. The number of likely N-dealkylation sites (tertiary alicyclic amines) is 2. The number of hydrogen-bond donors (Lipinski definition) is 1. The van der Waals surface area contributed by atoms with E-state index in [1.54, 1.807) is 0 Å². The van der Waals surface area contributed by atoms with Gasteiger partial charge in [0.1, 0.15) is 0 Å². The molecule has 0 unspecified atom stereocenters. The third-order valence-corrected chi connectivity index (χ3v) is 6.91. The number of rotatable bonds is 4. The molecule has 0 spiro atoms. The van der Waals surface area contributed by atoms with Crippen LogP contribution in [-0.4, -0.2) is 47.6 Å². The molecule has 5 rings (SSSR count). The number of nitrogens with one attached hydrogen (secondary N) is 1. The number of fused-ring (bicyclic) bond motifs is 1. The molecule has 2 aliphatic rings. The first-order valence-electron chi connectivity index (χ1n) is 10.9. The van der Waals surface area contributed by atoms with Gasteiger partial charge in [0.15, 0.2) is 0 Å². The summed E-state index contributed by atoms with van der Waals surface area (Å²) in [6.07, 6.45) is 7.41. The van der Waals surface area contributed by atoms with E-state index < -0.39 is 0 Å². The zero-order chi connectivity index (χ0) is 18.8. The summed E-state index contributed by atoms with van der Waals surface area (Å²) in [5.74, 6) is 1.46. The Balaban J connectivity index is 0.00000128. The van der Waals surface area contributed by atoms with Gasteiger partial charge in [-0.05, 0) is 80.9 Å². The summed E-state index contributed by atoms with van der Waals surface area (Å²) >= 11 is 0. The van der Waals surface area contributed by atoms with E-state index in [-0.39, 0.29) is 14.9 Å². The van der Waals surface area contributed by atoms with Crippen molar-refractivity contribution >= 4 is 10.9 Å². The zero-order valence-corrected chi connectivity index (χ0v) is 16.7. The quantitative estimate of drug-likeness (QED) is 0.538. The van der Waals surface area contributed by atoms with E-state index in [1.165, 1.54) is 73.9 Å². The molecule has 0 bridgehead atoms. The van der Waals surface area contributed by atoms with Crippen LogP contribution in [0.5, 0.6) is 0 Å². The fourth-order valence-corrected chi connectivity index (χ4v) is 5.23. The van der Waals surface area contributed by atoms with Gasteiger partial charge >= 0.3 is 0 Å². The van der Waals surface area contributed by atoms with Crippen molar-refractivity contribution in [1.82, 2.24) is 14.8 Å². The van der Waals surface area contributed by atoms with Gasteiger partial charge in [0.25, 0.3) is 0 Å². The number of nitrogens with zero attached hydrogens (tertiary/aromatic N) is 2. The summed E-state index contributed by atoms with van der Waals surface area (Å²) in [6, 6.07) is 19.8. The van der Waals surface area contributed by atoms with Crippen LogP contribution >= 0.6 is 0 Å². The number of piperidine rings is 2. The van der Waals surface area contributed by atoms with Crippen molar-refractivity contribution in [3.8, 4) is 0 Å². The number of benzene rings is 2. The first-order valence-corrected chi connectivity index (χ1v) is 10.9. The number of hydrogen-bond acceptors (Lipinski definition) is 2. The van der Waals surface area contributed by atoms with Gasteiger partial charge in [-0.25, -0.2) is 0 Å². The number of aromatic nitrogens is 1. The van der Waals surface area contributed by atoms with E-state index in [4.69, 9.17) is 0 Å². The minimum absolute atomic E-state index is 0. The highest BCUT2D eigenvalue weighted by Crippen LogP contribution is 2.33. The van der Waals surface area contributed by atoms with Crippen molar-refractivity contribution in [3.63, 3.8) is 0 Å². The summed E-state index contributed by atoms with van der Waals surface area (Å²) in [6.45, 7) is 6.08. The van der Waals surface area contributed by atoms with E-state index in [0.717, 1.165) is 12.6 Å². The van der Waals surface area contributed by atoms with Gasteiger partial charge in [-0.15, -0.1) is 0 Å². The fraction of sp³-hybridized carbons (Fsp3) is 0.481. The first-order chi connectivity index (χ1) is 13.9. The summed E-state index contributed by atoms with van der Waals surface area (Å²) in [7, 11) is 0. The number of aromatic amines is 1. The average molecular weight is 406 g/mol. The Hall–Kier alpha value is -2.10. The van der Waals surface area contributed by atoms with Crippen LogP contribution in [0, 0.1) is 0 Å². The summed E-state index contributed by atoms with van der Waals surface area (Å²) in [4.78, 5) is 8.80. The molecule has 162 valence electrons. The second kappa shape index (κ2) is 10.3. The maximum atomic E-state index is 3.46. The van der Waals surface area contributed by atoms with Crippen molar-refractivity contribution in [2.75, 3.05) is 32.8 Å². The molecule has 3 heterocycles. The van der Waals surface area contributed by atoms with Gasteiger partial charge in [0.05, 0.1) is 6.67 Å². The summed E-state index contributed by atoms with van der Waals surface area (Å²) in [5.41, 5.74) is 4.34. The largest absolute Gasteiger partial charge is 0.361 e. The Bertz CT molecular complexity index is 885. The zero-order valence-electron chi connectivity index (χ0n) is 16.7. The van der Waals surface area contributed by atoms with E-state index in [1.807, 2.05) is 0 Å². The molecule has 1 aromatic heterocycles. The molecule has 2 fully saturated rings. The molecule has 3 nitrogen and oxygen atoms in total. The highest BCUT2D eigenvalue weighted by atomic mass is 15.3. The van der Waals surface area contributed by atoms with E-state index in [9.17, 15) is 0 Å². The summed E-state index contributed by atoms with van der Waals surface area (Å²) in [5, 5.41) is 1.42. The molecule has 0 atom stereocenters. The SMILES string of the molecule is C.C.c1ccc(C2CCN(CN3CCC(c4c[nH]c5ccccc45)CC3)CC2)cc1. The van der Waals surface area contributed by atoms with Crippen LogP contribution in [0.1, 0.15) is 63.5 Å². The lowest BCUT2D eigenvalue weighted by atomic mass is 9.89. The Labute approximate surface area is 183 Å². The first kappa shape index (κ1) is 22.6. The van der Waals surface area contributed by atoms with Gasteiger partial charge in [-0.2, -0.15) is 0 Å². The molecule has 2 saturated heterocycles. The highest BCUT2D eigenvalue weighted by Gasteiger charge is 2.26. The molecule has 30 heavy (non-hydrogen) atoms. The van der Waals surface area contributed by atoms with Gasteiger partial charge in [0.2, 0.25) is 0 Å². The van der Waals surface area contributed by atoms with Crippen LogP contribution in [0.15, 0.2) is 60.8 Å². The van der Waals surface area contributed by atoms with Crippen molar-refractivity contribution in [1.29, 1.82) is 0 Å². The van der Waals surface area contributed by atoms with Crippen LogP contribution in [0.2, 0.25) is 0 Å². The lowest BCUT2D eigenvalue weighted by Crippen LogP contribution is -2.44. The lowest BCUT2D eigenvalue weighted by molar-refractivity contribution is 0.0880. The maximum Gasteiger partial charge on any atom is 0.0506 e. The van der Waals surface area contributed by atoms with Crippen molar-refractivity contribution in [2.45, 2.75) is 52.4 Å². The molecule has 2 aromatic carbocycles. The van der Waals surface area contributed by atoms with Gasteiger partial charge in [0, 0.05) is 17.1 Å². The molecular formula is C27H39N3. The van der Waals surface area contributed by atoms with Crippen LogP contribution in [-0.2, 0) is 0 Å². The lowest BCUT2D eigenvalue weighted by Gasteiger charge is -2.38. The third kappa shape index (κ3) is 4.79. The summed E-state index contributed by atoms with van der Waals surface area (Å²) < 4.78 is 0. The Morgan fingerprint density at radius 1 is 0.700 bits per heavy atom. The molecule has 2 aliphatic heterocycles. The van der Waals surface area contributed by atoms with Crippen molar-refractivity contribution < 1.29 is 0 Å². The highest BCUT2D eigenvalue weighted by molar-refractivity contribution is 5.83.